The molecule has 0 heterocycles. The largest absolute Gasteiger partial charge is 0.481 e. The number of carboxylic acids is 1. The van der Waals surface area contributed by atoms with Crippen LogP contribution < -0.4 is 0 Å². The highest BCUT2D eigenvalue weighted by atomic mass is 17.1. The molecule has 128 valence electrons. The molecule has 0 aliphatic carbocycles. The zero-order chi connectivity index (χ0) is 16.5. The van der Waals surface area contributed by atoms with Crippen LogP contribution in [0.4, 0.5) is 0 Å². The number of rotatable bonds is 15. The summed E-state index contributed by atoms with van der Waals surface area (Å²) < 4.78 is 0. The van der Waals surface area contributed by atoms with Crippen molar-refractivity contribution >= 4 is 5.97 Å². The van der Waals surface area contributed by atoms with Gasteiger partial charge in [0.2, 0.25) is 0 Å². The van der Waals surface area contributed by atoms with E-state index in [1.807, 2.05) is 18.2 Å². The summed E-state index contributed by atoms with van der Waals surface area (Å²) in [6.07, 6.45) is 18.3. The molecule has 0 fully saturated rings. The summed E-state index contributed by atoms with van der Waals surface area (Å²) in [5.41, 5.74) is 0. The van der Waals surface area contributed by atoms with Crippen LogP contribution in [0.15, 0.2) is 24.3 Å². The topological polar surface area (TPSA) is 66.8 Å². The number of hydrogen-bond acceptors (Lipinski definition) is 3. The summed E-state index contributed by atoms with van der Waals surface area (Å²) in [5, 5.41) is 17.4. The number of carboxylic acid groups (broad SMARTS) is 1. The molecule has 0 aliphatic heterocycles. The molecule has 0 aromatic heterocycles. The molecule has 0 aromatic carbocycles. The van der Waals surface area contributed by atoms with Crippen molar-refractivity contribution in [1.82, 2.24) is 0 Å². The highest BCUT2D eigenvalue weighted by Crippen LogP contribution is 2.11. The van der Waals surface area contributed by atoms with E-state index >= 15 is 0 Å². The van der Waals surface area contributed by atoms with Crippen LogP contribution in [0, 0.1) is 0 Å². The molecule has 2 N–H and O–H groups in total. The Bertz CT molecular complexity index is 310. The summed E-state index contributed by atoms with van der Waals surface area (Å²) in [6, 6.07) is 0. The molecule has 4 heteroatoms. The molecule has 0 radical (unpaired) electrons. The monoisotopic (exact) mass is 312 g/mol. The normalized spacial score (nSPS) is 13.2. The van der Waals surface area contributed by atoms with E-state index in [-0.39, 0.29) is 12.5 Å². The maximum absolute atomic E-state index is 10.4. The molecule has 1 atom stereocenters. The minimum absolute atomic E-state index is 0.251. The molecule has 0 saturated carbocycles. The van der Waals surface area contributed by atoms with E-state index in [9.17, 15) is 4.79 Å². The van der Waals surface area contributed by atoms with E-state index in [0.29, 0.717) is 0 Å². The average molecular weight is 312 g/mol. The van der Waals surface area contributed by atoms with Crippen LogP contribution in [0.1, 0.15) is 77.6 Å². The summed E-state index contributed by atoms with van der Waals surface area (Å²) in [7, 11) is 0. The lowest BCUT2D eigenvalue weighted by Gasteiger charge is -2.08. The molecule has 0 unspecified atom stereocenters. The lowest BCUT2D eigenvalue weighted by molar-refractivity contribution is -0.267. The van der Waals surface area contributed by atoms with Gasteiger partial charge in [-0.3, -0.25) is 10.1 Å². The third-order valence-electron chi connectivity index (χ3n) is 3.56. The fourth-order valence-electron chi connectivity index (χ4n) is 2.21. The van der Waals surface area contributed by atoms with Crippen LogP contribution >= 0.6 is 0 Å². The zero-order valence-electron chi connectivity index (χ0n) is 13.9. The number of allylic oxidation sites excluding steroid dienone is 3. The first-order valence-corrected chi connectivity index (χ1v) is 8.56. The molecular weight excluding hydrogens is 280 g/mol. The Labute approximate surface area is 134 Å². The van der Waals surface area contributed by atoms with E-state index in [1.54, 1.807) is 0 Å². The Morgan fingerprint density at radius 3 is 2.45 bits per heavy atom. The number of hydrogen-bond donors (Lipinski definition) is 2. The molecule has 0 aromatic rings. The summed E-state index contributed by atoms with van der Waals surface area (Å²) in [6.45, 7) is 2.19. The minimum Gasteiger partial charge on any atom is -0.481 e. The third-order valence-corrected chi connectivity index (χ3v) is 3.56. The quantitative estimate of drug-likeness (QED) is 0.185. The standard InChI is InChI=1S/C18H32O4/c1-2-3-4-5-6-8-11-14-17(22-21)15-12-9-7-10-13-16-18(19)20/h6,8,11,14,17,21H,2-5,7,9-10,12-13,15-16H2,1H3,(H,19,20)/t17-/m1/s1. The Balaban J connectivity index is 3.59. The molecule has 0 spiro atoms. The van der Waals surface area contributed by atoms with Crippen LogP contribution in [-0.2, 0) is 9.68 Å². The van der Waals surface area contributed by atoms with Gasteiger partial charge >= 0.3 is 5.97 Å². The second-order valence-electron chi connectivity index (χ2n) is 5.65. The Morgan fingerprint density at radius 2 is 1.77 bits per heavy atom. The van der Waals surface area contributed by atoms with Gasteiger partial charge in [-0.15, -0.1) is 0 Å². The predicted octanol–water partition coefficient (Wildman–Crippen LogP) is 5.35. The van der Waals surface area contributed by atoms with Gasteiger partial charge in [-0.2, -0.15) is 0 Å². The van der Waals surface area contributed by atoms with Crippen molar-refractivity contribution in [2.75, 3.05) is 0 Å². The van der Waals surface area contributed by atoms with Gasteiger partial charge in [0.25, 0.3) is 0 Å². The predicted molar refractivity (Wildman–Crippen MR) is 89.9 cm³/mol. The maximum atomic E-state index is 10.4. The third kappa shape index (κ3) is 15.3. The van der Waals surface area contributed by atoms with Crippen LogP contribution in [0.3, 0.4) is 0 Å². The lowest BCUT2D eigenvalue weighted by atomic mass is 10.1. The van der Waals surface area contributed by atoms with Crippen LogP contribution in [0.25, 0.3) is 0 Å². The van der Waals surface area contributed by atoms with Crippen molar-refractivity contribution in [3.63, 3.8) is 0 Å². The van der Waals surface area contributed by atoms with Crippen LogP contribution in [0.2, 0.25) is 0 Å². The second kappa shape index (κ2) is 16.2. The number of unbranched alkanes of at least 4 members (excludes halogenated alkanes) is 7. The first-order valence-electron chi connectivity index (χ1n) is 8.56. The zero-order valence-corrected chi connectivity index (χ0v) is 13.9. The van der Waals surface area contributed by atoms with Crippen molar-refractivity contribution in [3.8, 4) is 0 Å². The SMILES string of the molecule is CCCCCC=CC=C[C@H](CCCCCCCC(=O)O)OO. The van der Waals surface area contributed by atoms with E-state index < -0.39 is 5.97 Å². The molecule has 0 bridgehead atoms. The minimum atomic E-state index is -0.721. The van der Waals surface area contributed by atoms with Gasteiger partial charge in [-0.05, 0) is 25.7 Å². The van der Waals surface area contributed by atoms with E-state index in [2.05, 4.69) is 17.9 Å². The summed E-state index contributed by atoms with van der Waals surface area (Å²) >= 11 is 0. The first kappa shape index (κ1) is 20.9. The van der Waals surface area contributed by atoms with Crippen molar-refractivity contribution in [2.45, 2.75) is 83.7 Å². The molecule has 22 heavy (non-hydrogen) atoms. The average Bonchev–Trinajstić information content (AvgIpc) is 2.50. The van der Waals surface area contributed by atoms with Gasteiger partial charge in [0.15, 0.2) is 0 Å². The smallest absolute Gasteiger partial charge is 0.303 e. The Morgan fingerprint density at radius 1 is 1.05 bits per heavy atom. The molecule has 0 aliphatic rings. The maximum Gasteiger partial charge on any atom is 0.303 e. The van der Waals surface area contributed by atoms with Gasteiger partial charge in [-0.25, -0.2) is 4.89 Å². The number of aliphatic carboxylic acids is 1. The second-order valence-corrected chi connectivity index (χ2v) is 5.65. The van der Waals surface area contributed by atoms with E-state index in [4.69, 9.17) is 10.4 Å². The highest BCUT2D eigenvalue weighted by Gasteiger charge is 2.03. The van der Waals surface area contributed by atoms with Gasteiger partial charge in [0, 0.05) is 6.42 Å². The van der Waals surface area contributed by atoms with Gasteiger partial charge in [0.1, 0.15) is 6.10 Å². The van der Waals surface area contributed by atoms with Crippen LogP contribution in [-0.4, -0.2) is 22.4 Å². The number of carbonyl (C=O) groups is 1. The highest BCUT2D eigenvalue weighted by molar-refractivity contribution is 5.66. The van der Waals surface area contributed by atoms with E-state index in [1.165, 1.54) is 19.3 Å². The molecule has 0 amide bonds. The van der Waals surface area contributed by atoms with Crippen molar-refractivity contribution in [2.24, 2.45) is 0 Å². The van der Waals surface area contributed by atoms with Gasteiger partial charge in [0.05, 0.1) is 0 Å². The summed E-state index contributed by atoms with van der Waals surface area (Å²) in [4.78, 5) is 14.8. The Hall–Kier alpha value is -1.13. The fraction of sp³-hybridized carbons (Fsp3) is 0.722. The van der Waals surface area contributed by atoms with Gasteiger partial charge in [-0.1, -0.05) is 69.8 Å². The molecule has 4 nitrogen and oxygen atoms in total. The van der Waals surface area contributed by atoms with Gasteiger partial charge < -0.3 is 5.11 Å². The molecular formula is C18H32O4. The molecule has 0 saturated heterocycles. The van der Waals surface area contributed by atoms with Crippen molar-refractivity contribution < 1.29 is 20.0 Å². The summed E-state index contributed by atoms with van der Waals surface area (Å²) in [5.74, 6) is -0.721. The lowest BCUT2D eigenvalue weighted by Crippen LogP contribution is -2.06. The van der Waals surface area contributed by atoms with E-state index in [0.717, 1.165) is 44.9 Å². The molecule has 0 rings (SSSR count). The van der Waals surface area contributed by atoms with Crippen molar-refractivity contribution in [1.29, 1.82) is 0 Å². The van der Waals surface area contributed by atoms with Crippen LogP contribution in [0.5, 0.6) is 0 Å². The Kier molecular flexibility index (Phi) is 15.4. The fourth-order valence-corrected chi connectivity index (χ4v) is 2.21. The first-order chi connectivity index (χ1) is 10.7. The van der Waals surface area contributed by atoms with Crippen molar-refractivity contribution in [3.05, 3.63) is 24.3 Å².